The number of carboxylic acid groups (broad SMARTS) is 1. The summed E-state index contributed by atoms with van der Waals surface area (Å²) in [5.41, 5.74) is 1.91. The second kappa shape index (κ2) is 3.56. The lowest BCUT2D eigenvalue weighted by Gasteiger charge is -2.25. The first-order chi connectivity index (χ1) is 8.16. The number of nitrogens with zero attached hydrogens (tertiary/aromatic N) is 2. The summed E-state index contributed by atoms with van der Waals surface area (Å²) in [7, 11) is 0. The van der Waals surface area contributed by atoms with E-state index < -0.39 is 5.97 Å². The molecule has 88 valence electrons. The number of hydrogen-bond acceptors (Lipinski definition) is 3. The van der Waals surface area contributed by atoms with Gasteiger partial charge in [0, 0.05) is 25.2 Å². The van der Waals surface area contributed by atoms with Crippen molar-refractivity contribution in [2.24, 2.45) is 0 Å². The number of fused-ring (bicyclic) bond motifs is 1. The molecule has 0 aliphatic carbocycles. The lowest BCUT2D eigenvalue weighted by atomic mass is 10.0. The quantitative estimate of drug-likeness (QED) is 0.810. The van der Waals surface area contributed by atoms with Gasteiger partial charge in [-0.1, -0.05) is 6.07 Å². The van der Waals surface area contributed by atoms with E-state index in [-0.39, 0.29) is 5.69 Å². The third-order valence-electron chi connectivity index (χ3n) is 3.16. The number of rotatable bonds is 2. The number of aromatic nitrogens is 2. The van der Waals surface area contributed by atoms with Crippen molar-refractivity contribution < 1.29 is 9.90 Å². The highest BCUT2D eigenvalue weighted by atomic mass is 16.4. The monoisotopic (exact) mass is 231 g/mol. The average Bonchev–Trinajstić information content (AvgIpc) is 2.55. The van der Waals surface area contributed by atoms with Crippen molar-refractivity contribution in [3.8, 4) is 0 Å². The minimum Gasteiger partial charge on any atom is -0.476 e. The molecule has 0 aromatic carbocycles. The van der Waals surface area contributed by atoms with Gasteiger partial charge in [-0.15, -0.1) is 0 Å². The highest BCUT2D eigenvalue weighted by Gasteiger charge is 2.26. The Balaban J connectivity index is 2.26. The molecule has 0 spiro atoms. The van der Waals surface area contributed by atoms with Crippen molar-refractivity contribution in [2.75, 3.05) is 13.1 Å². The maximum Gasteiger partial charge on any atom is 0.356 e. The van der Waals surface area contributed by atoms with Crippen LogP contribution in [0.2, 0.25) is 0 Å². The molecular weight excluding hydrogens is 218 g/mol. The van der Waals surface area contributed by atoms with Gasteiger partial charge in [0.05, 0.1) is 5.52 Å². The van der Waals surface area contributed by atoms with Crippen molar-refractivity contribution in [3.05, 3.63) is 35.4 Å². The zero-order valence-corrected chi connectivity index (χ0v) is 9.47. The van der Waals surface area contributed by atoms with Crippen LogP contribution in [0.1, 0.15) is 27.8 Å². The normalized spacial score (nSPS) is 16.1. The molecule has 2 N–H and O–H groups in total. The van der Waals surface area contributed by atoms with Crippen molar-refractivity contribution in [1.82, 2.24) is 14.7 Å². The van der Waals surface area contributed by atoms with E-state index in [9.17, 15) is 4.79 Å². The molecule has 1 fully saturated rings. The zero-order valence-electron chi connectivity index (χ0n) is 9.47. The van der Waals surface area contributed by atoms with Crippen LogP contribution in [0, 0.1) is 6.92 Å². The van der Waals surface area contributed by atoms with Crippen molar-refractivity contribution >= 4 is 11.5 Å². The Morgan fingerprint density at radius 3 is 2.88 bits per heavy atom. The SMILES string of the molecule is Cc1ccc2c(C(=O)O)nc(C3CNC3)n2c1. The first-order valence-corrected chi connectivity index (χ1v) is 5.59. The second-order valence-corrected chi connectivity index (χ2v) is 4.44. The first kappa shape index (κ1) is 10.3. The Labute approximate surface area is 98.1 Å². The number of carbonyl (C=O) groups is 1. The van der Waals surface area contributed by atoms with E-state index in [1.54, 1.807) is 0 Å². The lowest BCUT2D eigenvalue weighted by Crippen LogP contribution is -2.40. The smallest absolute Gasteiger partial charge is 0.356 e. The summed E-state index contributed by atoms with van der Waals surface area (Å²) >= 11 is 0. The maximum atomic E-state index is 11.2. The summed E-state index contributed by atoms with van der Waals surface area (Å²) in [6.45, 7) is 3.72. The highest BCUT2D eigenvalue weighted by Crippen LogP contribution is 2.23. The van der Waals surface area contributed by atoms with E-state index in [4.69, 9.17) is 5.11 Å². The van der Waals surface area contributed by atoms with Gasteiger partial charge >= 0.3 is 5.97 Å². The minimum absolute atomic E-state index is 0.145. The predicted octanol–water partition coefficient (Wildman–Crippen LogP) is 1.03. The van der Waals surface area contributed by atoms with Gasteiger partial charge in [0.2, 0.25) is 0 Å². The second-order valence-electron chi connectivity index (χ2n) is 4.44. The van der Waals surface area contributed by atoms with Gasteiger partial charge in [0.15, 0.2) is 5.69 Å². The molecule has 0 radical (unpaired) electrons. The fourth-order valence-corrected chi connectivity index (χ4v) is 2.13. The Hall–Kier alpha value is -1.88. The Morgan fingerprint density at radius 2 is 2.29 bits per heavy atom. The first-order valence-electron chi connectivity index (χ1n) is 5.59. The maximum absolute atomic E-state index is 11.2. The molecule has 5 nitrogen and oxygen atoms in total. The van der Waals surface area contributed by atoms with E-state index in [0.29, 0.717) is 11.4 Å². The summed E-state index contributed by atoms with van der Waals surface area (Å²) in [6, 6.07) is 3.73. The Kier molecular flexibility index (Phi) is 2.16. The molecule has 0 atom stereocenters. The van der Waals surface area contributed by atoms with Gasteiger partial charge in [0.25, 0.3) is 0 Å². The van der Waals surface area contributed by atoms with Crippen LogP contribution >= 0.6 is 0 Å². The molecule has 0 amide bonds. The van der Waals surface area contributed by atoms with Gasteiger partial charge in [-0.2, -0.15) is 0 Å². The molecular formula is C12H13N3O2. The number of nitrogens with one attached hydrogen (secondary N) is 1. The molecule has 2 aromatic rings. The molecule has 17 heavy (non-hydrogen) atoms. The summed E-state index contributed by atoms with van der Waals surface area (Å²) in [5, 5.41) is 12.3. The van der Waals surface area contributed by atoms with E-state index in [2.05, 4.69) is 10.3 Å². The number of aryl methyl sites for hydroxylation is 1. The number of carboxylic acids is 1. The van der Waals surface area contributed by atoms with E-state index in [0.717, 1.165) is 24.5 Å². The highest BCUT2D eigenvalue weighted by molar-refractivity contribution is 5.93. The van der Waals surface area contributed by atoms with Crippen molar-refractivity contribution in [2.45, 2.75) is 12.8 Å². The van der Waals surface area contributed by atoms with Crippen LogP contribution in [0.5, 0.6) is 0 Å². The third-order valence-corrected chi connectivity index (χ3v) is 3.16. The van der Waals surface area contributed by atoms with Gasteiger partial charge in [0.1, 0.15) is 5.82 Å². The van der Waals surface area contributed by atoms with Crippen molar-refractivity contribution in [1.29, 1.82) is 0 Å². The number of imidazole rings is 1. The minimum atomic E-state index is -0.968. The summed E-state index contributed by atoms with van der Waals surface area (Å²) in [4.78, 5) is 15.4. The zero-order chi connectivity index (χ0) is 12.0. The Bertz CT molecular complexity index is 599. The van der Waals surface area contributed by atoms with Crippen LogP contribution in [0.15, 0.2) is 18.3 Å². The van der Waals surface area contributed by atoms with Crippen LogP contribution in [0.25, 0.3) is 5.52 Å². The number of hydrogen-bond donors (Lipinski definition) is 2. The fourth-order valence-electron chi connectivity index (χ4n) is 2.13. The van der Waals surface area contributed by atoms with Crippen molar-refractivity contribution in [3.63, 3.8) is 0 Å². The molecule has 0 bridgehead atoms. The van der Waals surface area contributed by atoms with Gasteiger partial charge < -0.3 is 14.8 Å². The summed E-state index contributed by atoms with van der Waals surface area (Å²) < 4.78 is 1.91. The molecule has 2 aromatic heterocycles. The van der Waals surface area contributed by atoms with E-state index >= 15 is 0 Å². The van der Waals surface area contributed by atoms with Crippen LogP contribution in [-0.2, 0) is 0 Å². The summed E-state index contributed by atoms with van der Waals surface area (Å²) in [5.74, 6) is 0.196. The van der Waals surface area contributed by atoms with Gasteiger partial charge in [-0.05, 0) is 18.6 Å². The molecule has 0 unspecified atom stereocenters. The van der Waals surface area contributed by atoms with Gasteiger partial charge in [-0.3, -0.25) is 0 Å². The summed E-state index contributed by atoms with van der Waals surface area (Å²) in [6.07, 6.45) is 1.95. The third kappa shape index (κ3) is 1.51. The molecule has 3 heterocycles. The van der Waals surface area contributed by atoms with Gasteiger partial charge in [-0.25, -0.2) is 9.78 Å². The van der Waals surface area contributed by atoms with E-state index in [1.807, 2.05) is 29.7 Å². The molecule has 1 aliphatic rings. The van der Waals surface area contributed by atoms with Crippen LogP contribution in [0.3, 0.4) is 0 Å². The largest absolute Gasteiger partial charge is 0.476 e. The standard InChI is InChI=1S/C12H13N3O2/c1-7-2-3-9-10(12(16)17)14-11(15(9)6-7)8-4-13-5-8/h2-3,6,8,13H,4-5H2,1H3,(H,16,17). The average molecular weight is 231 g/mol. The molecule has 0 saturated carbocycles. The van der Waals surface area contributed by atoms with E-state index in [1.165, 1.54) is 0 Å². The number of aromatic carboxylic acids is 1. The lowest BCUT2D eigenvalue weighted by molar-refractivity contribution is 0.0693. The predicted molar refractivity (Wildman–Crippen MR) is 62.5 cm³/mol. The molecule has 3 rings (SSSR count). The molecule has 1 saturated heterocycles. The van der Waals surface area contributed by atoms with Crippen LogP contribution in [-0.4, -0.2) is 33.6 Å². The molecule has 1 aliphatic heterocycles. The topological polar surface area (TPSA) is 66.6 Å². The van der Waals surface area contributed by atoms with Crippen LogP contribution < -0.4 is 5.32 Å². The fraction of sp³-hybridized carbons (Fsp3) is 0.333. The molecule has 5 heteroatoms. The van der Waals surface area contributed by atoms with Crippen LogP contribution in [0.4, 0.5) is 0 Å². The Morgan fingerprint density at radius 1 is 1.53 bits per heavy atom. The number of pyridine rings is 1.